The van der Waals surface area contributed by atoms with Crippen LogP contribution in [0.3, 0.4) is 0 Å². The molecule has 2 amide bonds. The van der Waals surface area contributed by atoms with Gasteiger partial charge in [0.05, 0.1) is 14.2 Å². The van der Waals surface area contributed by atoms with Crippen LogP contribution in [-0.2, 0) is 14.3 Å². The molecule has 0 unspecified atom stereocenters. The van der Waals surface area contributed by atoms with Crippen LogP contribution in [0.2, 0.25) is 0 Å². The molecule has 1 atom stereocenters. The van der Waals surface area contributed by atoms with Gasteiger partial charge in [-0.1, -0.05) is 11.6 Å². The first-order chi connectivity index (χ1) is 9.88. The summed E-state index contributed by atoms with van der Waals surface area (Å²) < 4.78 is 14.4. The molecule has 114 valence electrons. The molecule has 0 aliphatic rings. The van der Waals surface area contributed by atoms with Crippen molar-refractivity contribution in [3.05, 3.63) is 29.3 Å². The van der Waals surface area contributed by atoms with Gasteiger partial charge in [-0.2, -0.15) is 0 Å². The normalized spacial score (nSPS) is 11.2. The lowest BCUT2D eigenvalue weighted by molar-refractivity contribution is -0.128. The molecule has 0 aliphatic carbocycles. The van der Waals surface area contributed by atoms with Crippen LogP contribution in [0, 0.1) is 6.92 Å². The summed E-state index contributed by atoms with van der Waals surface area (Å²) in [6.45, 7) is 3.15. The fraction of sp³-hybridized carbons (Fsp3) is 0.357. The van der Waals surface area contributed by atoms with Crippen LogP contribution < -0.4 is 10.1 Å². The van der Waals surface area contributed by atoms with Crippen molar-refractivity contribution in [3.63, 3.8) is 0 Å². The lowest BCUT2D eigenvalue weighted by Gasteiger charge is -2.14. The van der Waals surface area contributed by atoms with Crippen molar-refractivity contribution in [2.24, 2.45) is 0 Å². The Bertz CT molecular complexity index is 554. The Labute approximate surface area is 122 Å². The molecule has 1 aromatic carbocycles. The maximum absolute atomic E-state index is 12.0. The van der Waals surface area contributed by atoms with E-state index in [0.717, 1.165) is 12.7 Å². The highest BCUT2D eigenvalue weighted by Crippen LogP contribution is 2.21. The Balaban J connectivity index is 2.79. The SMILES string of the molecule is COC(=O)NC(=O)[C@@H](C)OC(=O)c1cc(C)ccc1OC. The molecule has 0 heterocycles. The average molecular weight is 295 g/mol. The Morgan fingerprint density at radius 3 is 2.43 bits per heavy atom. The molecule has 0 aromatic heterocycles. The van der Waals surface area contributed by atoms with Gasteiger partial charge in [-0.3, -0.25) is 10.1 Å². The zero-order chi connectivity index (χ0) is 16.0. The smallest absolute Gasteiger partial charge is 0.413 e. The van der Waals surface area contributed by atoms with E-state index < -0.39 is 24.1 Å². The van der Waals surface area contributed by atoms with Crippen LogP contribution in [0.25, 0.3) is 0 Å². The molecule has 1 rings (SSSR count). The van der Waals surface area contributed by atoms with Gasteiger partial charge in [0.15, 0.2) is 6.10 Å². The van der Waals surface area contributed by atoms with Gasteiger partial charge >= 0.3 is 12.1 Å². The van der Waals surface area contributed by atoms with Crippen molar-refractivity contribution in [1.82, 2.24) is 5.32 Å². The van der Waals surface area contributed by atoms with Crippen molar-refractivity contribution in [3.8, 4) is 5.75 Å². The highest BCUT2D eigenvalue weighted by molar-refractivity contribution is 5.98. The third kappa shape index (κ3) is 4.48. The molecule has 0 saturated heterocycles. The van der Waals surface area contributed by atoms with Gasteiger partial charge in [-0.05, 0) is 26.0 Å². The first kappa shape index (κ1) is 16.5. The lowest BCUT2D eigenvalue weighted by Crippen LogP contribution is -2.39. The summed E-state index contributed by atoms with van der Waals surface area (Å²) in [4.78, 5) is 34.5. The number of carbonyl (C=O) groups is 3. The van der Waals surface area contributed by atoms with E-state index in [-0.39, 0.29) is 5.56 Å². The second kappa shape index (κ2) is 7.28. The van der Waals surface area contributed by atoms with E-state index in [1.807, 2.05) is 12.2 Å². The van der Waals surface area contributed by atoms with Crippen LogP contribution in [-0.4, -0.2) is 38.3 Å². The summed E-state index contributed by atoms with van der Waals surface area (Å²) in [5.74, 6) is -1.16. The van der Waals surface area contributed by atoms with Gasteiger partial charge in [0, 0.05) is 0 Å². The van der Waals surface area contributed by atoms with Crippen LogP contribution in [0.1, 0.15) is 22.8 Å². The summed E-state index contributed by atoms with van der Waals surface area (Å²) in [5, 5.41) is 1.92. The number of hydrogen-bond donors (Lipinski definition) is 1. The van der Waals surface area contributed by atoms with Crippen LogP contribution in [0.4, 0.5) is 4.79 Å². The summed E-state index contributed by atoms with van der Waals surface area (Å²) in [6.07, 6.45) is -2.07. The van der Waals surface area contributed by atoms with Crippen molar-refractivity contribution in [2.75, 3.05) is 14.2 Å². The Hall–Kier alpha value is -2.57. The van der Waals surface area contributed by atoms with Crippen LogP contribution in [0.15, 0.2) is 18.2 Å². The van der Waals surface area contributed by atoms with Gasteiger partial charge in [-0.25, -0.2) is 9.59 Å². The van der Waals surface area contributed by atoms with Gasteiger partial charge < -0.3 is 14.2 Å². The summed E-state index contributed by atoms with van der Waals surface area (Å²) in [5.41, 5.74) is 1.05. The molecule has 0 saturated carbocycles. The van der Waals surface area contributed by atoms with Crippen molar-refractivity contribution >= 4 is 18.0 Å². The number of ether oxygens (including phenoxy) is 3. The Kier molecular flexibility index (Phi) is 5.71. The van der Waals surface area contributed by atoms with Crippen molar-refractivity contribution in [1.29, 1.82) is 0 Å². The molecule has 0 spiro atoms. The zero-order valence-corrected chi connectivity index (χ0v) is 12.3. The first-order valence-electron chi connectivity index (χ1n) is 6.13. The molecule has 0 fully saturated rings. The molecule has 1 N–H and O–H groups in total. The van der Waals surface area contributed by atoms with E-state index in [0.29, 0.717) is 5.75 Å². The molecule has 0 aliphatic heterocycles. The minimum atomic E-state index is -1.15. The van der Waals surface area contributed by atoms with E-state index >= 15 is 0 Å². The largest absolute Gasteiger partial charge is 0.496 e. The van der Waals surface area contributed by atoms with E-state index in [1.165, 1.54) is 14.0 Å². The summed E-state index contributed by atoms with van der Waals surface area (Å²) in [6, 6.07) is 5.00. The second-order valence-electron chi connectivity index (χ2n) is 4.23. The van der Waals surface area contributed by atoms with Crippen molar-refractivity contribution in [2.45, 2.75) is 20.0 Å². The summed E-state index contributed by atoms with van der Waals surface area (Å²) in [7, 11) is 2.55. The molecule has 21 heavy (non-hydrogen) atoms. The third-order valence-corrected chi connectivity index (χ3v) is 2.64. The number of amides is 2. The number of benzene rings is 1. The number of esters is 1. The second-order valence-corrected chi connectivity index (χ2v) is 4.23. The van der Waals surface area contributed by atoms with Gasteiger partial charge in [0.25, 0.3) is 5.91 Å². The third-order valence-electron chi connectivity index (χ3n) is 2.64. The number of hydrogen-bond acceptors (Lipinski definition) is 6. The lowest BCUT2D eigenvalue weighted by atomic mass is 10.1. The standard InChI is InChI=1S/C14H17NO6/c1-8-5-6-11(19-3)10(7-8)13(17)21-9(2)12(16)15-14(18)20-4/h5-7,9H,1-4H3,(H,15,16,18)/t9-/m1/s1. The fourth-order valence-corrected chi connectivity index (χ4v) is 1.51. The topological polar surface area (TPSA) is 90.9 Å². The maximum atomic E-state index is 12.0. The van der Waals surface area contributed by atoms with Gasteiger partial charge in [0.2, 0.25) is 0 Å². The minimum absolute atomic E-state index is 0.204. The maximum Gasteiger partial charge on any atom is 0.413 e. The molecule has 0 bridgehead atoms. The van der Waals surface area contributed by atoms with Crippen molar-refractivity contribution < 1.29 is 28.6 Å². The predicted molar refractivity (Wildman–Crippen MR) is 73.2 cm³/mol. The molecule has 7 nitrogen and oxygen atoms in total. The van der Waals surface area contributed by atoms with E-state index in [2.05, 4.69) is 4.74 Å². The number of alkyl carbamates (subject to hydrolysis) is 1. The highest BCUT2D eigenvalue weighted by atomic mass is 16.6. The van der Waals surface area contributed by atoms with E-state index in [1.54, 1.807) is 18.2 Å². The average Bonchev–Trinajstić information content (AvgIpc) is 2.46. The van der Waals surface area contributed by atoms with E-state index in [9.17, 15) is 14.4 Å². The quantitative estimate of drug-likeness (QED) is 0.845. The molecule has 7 heteroatoms. The molecular weight excluding hydrogens is 278 g/mol. The van der Waals surface area contributed by atoms with Crippen LogP contribution >= 0.6 is 0 Å². The molecule has 0 radical (unpaired) electrons. The molecule has 1 aromatic rings. The Morgan fingerprint density at radius 2 is 1.86 bits per heavy atom. The van der Waals surface area contributed by atoms with Gasteiger partial charge in [-0.15, -0.1) is 0 Å². The number of nitrogens with one attached hydrogen (secondary N) is 1. The first-order valence-corrected chi connectivity index (χ1v) is 6.13. The fourth-order valence-electron chi connectivity index (χ4n) is 1.51. The van der Waals surface area contributed by atoms with E-state index in [4.69, 9.17) is 9.47 Å². The number of aryl methyl sites for hydroxylation is 1. The number of carbonyl (C=O) groups excluding carboxylic acids is 3. The highest BCUT2D eigenvalue weighted by Gasteiger charge is 2.23. The monoisotopic (exact) mass is 295 g/mol. The number of rotatable bonds is 4. The van der Waals surface area contributed by atoms with Gasteiger partial charge in [0.1, 0.15) is 11.3 Å². The minimum Gasteiger partial charge on any atom is -0.496 e. The zero-order valence-electron chi connectivity index (χ0n) is 12.3. The number of imide groups is 1. The van der Waals surface area contributed by atoms with Crippen LogP contribution in [0.5, 0.6) is 5.75 Å². The number of methoxy groups -OCH3 is 2. The summed E-state index contributed by atoms with van der Waals surface area (Å²) >= 11 is 0. The Morgan fingerprint density at radius 1 is 1.19 bits per heavy atom. The predicted octanol–water partition coefficient (Wildman–Crippen LogP) is 1.43. The molecular formula is C14H17NO6.